The van der Waals surface area contributed by atoms with Gasteiger partial charge < -0.3 is 25.4 Å². The van der Waals surface area contributed by atoms with E-state index < -0.39 is 58.8 Å². The molecule has 3 rings (SSSR count). The normalized spacial score (nSPS) is 15.5. The summed E-state index contributed by atoms with van der Waals surface area (Å²) >= 11 is 0. The van der Waals surface area contributed by atoms with Crippen LogP contribution in [0.4, 0.5) is 37.7 Å². The smallest absolute Gasteiger partial charge is 0.416 e. The number of anilines is 2. The molecule has 0 saturated heterocycles. The maximum atomic E-state index is 13.2. The summed E-state index contributed by atoms with van der Waals surface area (Å²) in [6.07, 6.45) is -10.6. The number of carbonyl (C=O) groups is 4. The Morgan fingerprint density at radius 2 is 1.55 bits per heavy atom. The fraction of sp³-hybridized carbons (Fsp3) is 0.304. The van der Waals surface area contributed by atoms with Crippen molar-refractivity contribution in [2.45, 2.75) is 31.2 Å². The molecule has 15 heteroatoms. The largest absolute Gasteiger partial charge is 0.495 e. The summed E-state index contributed by atoms with van der Waals surface area (Å²) in [4.78, 5) is 49.4. The molecule has 1 aliphatic heterocycles. The van der Waals surface area contributed by atoms with Crippen LogP contribution in [0.15, 0.2) is 30.3 Å². The number of carbonyl (C=O) groups excluding carboxylic acids is 4. The topological polar surface area (TPSA) is 123 Å². The minimum absolute atomic E-state index is 0.101. The van der Waals surface area contributed by atoms with Crippen LogP contribution in [0.5, 0.6) is 5.75 Å². The quantitative estimate of drug-likeness (QED) is 0.372. The molecule has 0 spiro atoms. The second-order valence-corrected chi connectivity index (χ2v) is 7.98. The molecular weight excluding hydrogens is 528 g/mol. The van der Waals surface area contributed by atoms with Crippen molar-refractivity contribution in [3.63, 3.8) is 0 Å². The monoisotopic (exact) mass is 547 g/mol. The Hall–Kier alpha value is -4.30. The van der Waals surface area contributed by atoms with Gasteiger partial charge in [-0.2, -0.15) is 26.3 Å². The molecule has 0 unspecified atom stereocenters. The third-order valence-electron chi connectivity index (χ3n) is 5.43. The molecule has 204 valence electrons. The lowest BCUT2D eigenvalue weighted by Gasteiger charge is -2.16. The van der Waals surface area contributed by atoms with Crippen molar-refractivity contribution in [2.24, 2.45) is 0 Å². The average Bonchev–Trinajstić information content (AvgIpc) is 2.95. The van der Waals surface area contributed by atoms with Crippen LogP contribution in [0.3, 0.4) is 0 Å². The number of alkyl halides is 6. The standard InChI is InChI=1S/C23H19F6N3O6/c1-37-17-8-13-15(31-21(36)14(30-20(13)35)3-4-18(33)38-2)9-16(17)32-19(34)10-5-11(22(24,25)26)7-12(6-10)23(27,28)29/h5-9,14H,3-4H2,1-2H3,(H,30,35)(H,31,36)(H,32,34)/t14-/m1/s1. The van der Waals surface area contributed by atoms with Gasteiger partial charge in [0.1, 0.15) is 11.8 Å². The van der Waals surface area contributed by atoms with Gasteiger partial charge in [0.05, 0.1) is 42.3 Å². The van der Waals surface area contributed by atoms with E-state index in [1.807, 2.05) is 0 Å². The first-order valence-electron chi connectivity index (χ1n) is 10.7. The van der Waals surface area contributed by atoms with Crippen molar-refractivity contribution >= 4 is 35.1 Å². The number of methoxy groups -OCH3 is 2. The first-order valence-corrected chi connectivity index (χ1v) is 10.7. The summed E-state index contributed by atoms with van der Waals surface area (Å²) in [5.74, 6) is -3.63. The van der Waals surface area contributed by atoms with Gasteiger partial charge in [-0.15, -0.1) is 0 Å². The maximum Gasteiger partial charge on any atom is 0.416 e. The number of rotatable bonds is 6. The predicted molar refractivity (Wildman–Crippen MR) is 119 cm³/mol. The molecule has 38 heavy (non-hydrogen) atoms. The first kappa shape index (κ1) is 28.3. The predicted octanol–water partition coefficient (Wildman–Crippen LogP) is 3.99. The molecule has 2 aromatic rings. The summed E-state index contributed by atoms with van der Waals surface area (Å²) in [7, 11) is 2.28. The lowest BCUT2D eigenvalue weighted by Crippen LogP contribution is -2.41. The van der Waals surface area contributed by atoms with Gasteiger partial charge in [-0.25, -0.2) is 0 Å². The minimum atomic E-state index is -5.17. The molecule has 0 radical (unpaired) electrons. The fourth-order valence-corrected chi connectivity index (χ4v) is 3.51. The van der Waals surface area contributed by atoms with E-state index in [1.54, 1.807) is 0 Å². The van der Waals surface area contributed by atoms with Crippen LogP contribution in [0.1, 0.15) is 44.7 Å². The molecule has 3 amide bonds. The van der Waals surface area contributed by atoms with Crippen molar-refractivity contribution in [1.29, 1.82) is 0 Å². The van der Waals surface area contributed by atoms with E-state index in [9.17, 15) is 45.5 Å². The van der Waals surface area contributed by atoms with Crippen LogP contribution >= 0.6 is 0 Å². The molecule has 0 saturated carbocycles. The average molecular weight is 547 g/mol. The van der Waals surface area contributed by atoms with Gasteiger partial charge in [-0.05, 0) is 36.8 Å². The Morgan fingerprint density at radius 3 is 2.08 bits per heavy atom. The summed E-state index contributed by atoms with van der Waals surface area (Å²) in [6, 6.07) is 1.42. The number of halogens is 6. The van der Waals surface area contributed by atoms with Crippen LogP contribution in [0.25, 0.3) is 0 Å². The van der Waals surface area contributed by atoms with E-state index in [0.29, 0.717) is 0 Å². The van der Waals surface area contributed by atoms with Gasteiger partial charge in [0, 0.05) is 12.0 Å². The second kappa shape index (κ2) is 10.6. The van der Waals surface area contributed by atoms with E-state index in [-0.39, 0.29) is 53.7 Å². The van der Waals surface area contributed by atoms with Crippen molar-refractivity contribution in [2.75, 3.05) is 24.9 Å². The molecule has 0 aliphatic carbocycles. The zero-order chi connectivity index (χ0) is 28.4. The molecule has 0 bridgehead atoms. The zero-order valence-electron chi connectivity index (χ0n) is 19.6. The number of hydrogen-bond donors (Lipinski definition) is 3. The Morgan fingerprint density at radius 1 is 0.947 bits per heavy atom. The Bertz CT molecular complexity index is 1260. The molecule has 0 fully saturated rings. The Balaban J connectivity index is 1.95. The van der Waals surface area contributed by atoms with Gasteiger partial charge in [0.2, 0.25) is 5.91 Å². The molecule has 2 aromatic carbocycles. The number of esters is 1. The van der Waals surface area contributed by atoms with Gasteiger partial charge in [-0.3, -0.25) is 19.2 Å². The van der Waals surface area contributed by atoms with E-state index in [2.05, 4.69) is 20.7 Å². The van der Waals surface area contributed by atoms with Crippen LogP contribution in [0, 0.1) is 0 Å². The molecule has 1 heterocycles. The number of ether oxygens (including phenoxy) is 2. The maximum absolute atomic E-state index is 13.2. The third-order valence-corrected chi connectivity index (χ3v) is 5.43. The van der Waals surface area contributed by atoms with Crippen LogP contribution in [-0.2, 0) is 26.7 Å². The number of benzene rings is 2. The number of hydrogen-bond acceptors (Lipinski definition) is 6. The lowest BCUT2D eigenvalue weighted by atomic mass is 10.0. The SMILES string of the molecule is COC(=O)CC[C@H]1NC(=O)c2cc(OC)c(NC(=O)c3cc(C(F)(F)F)cc(C(F)(F)F)c3)cc2NC1=O. The lowest BCUT2D eigenvalue weighted by molar-refractivity contribution is -0.143. The summed E-state index contributed by atoms with van der Waals surface area (Å²) < 4.78 is 88.7. The molecule has 0 aromatic heterocycles. The first-order chi connectivity index (χ1) is 17.6. The highest BCUT2D eigenvalue weighted by molar-refractivity contribution is 6.12. The Labute approximate surface area is 210 Å². The van der Waals surface area contributed by atoms with E-state index >= 15 is 0 Å². The number of fused-ring (bicyclic) bond motifs is 1. The van der Waals surface area contributed by atoms with Gasteiger partial charge in [-0.1, -0.05) is 0 Å². The van der Waals surface area contributed by atoms with Crippen molar-refractivity contribution in [3.05, 3.63) is 52.6 Å². The fourth-order valence-electron chi connectivity index (χ4n) is 3.51. The summed E-state index contributed by atoms with van der Waals surface area (Å²) in [5, 5.41) is 7.01. The number of amides is 3. The van der Waals surface area contributed by atoms with Crippen molar-refractivity contribution in [1.82, 2.24) is 5.32 Å². The molecule has 1 atom stereocenters. The van der Waals surface area contributed by atoms with Gasteiger partial charge in [0.15, 0.2) is 0 Å². The minimum Gasteiger partial charge on any atom is -0.495 e. The van der Waals surface area contributed by atoms with Crippen molar-refractivity contribution < 1.29 is 55.0 Å². The van der Waals surface area contributed by atoms with Crippen LogP contribution in [0.2, 0.25) is 0 Å². The highest BCUT2D eigenvalue weighted by atomic mass is 19.4. The second-order valence-electron chi connectivity index (χ2n) is 7.98. The van der Waals surface area contributed by atoms with E-state index in [4.69, 9.17) is 4.74 Å². The van der Waals surface area contributed by atoms with E-state index in [1.165, 1.54) is 0 Å². The summed E-state index contributed by atoms with van der Waals surface area (Å²) in [5.41, 5.74) is -4.84. The summed E-state index contributed by atoms with van der Waals surface area (Å²) in [6.45, 7) is 0. The molecule has 9 nitrogen and oxygen atoms in total. The highest BCUT2D eigenvalue weighted by Crippen LogP contribution is 2.37. The molecule has 1 aliphatic rings. The highest BCUT2D eigenvalue weighted by Gasteiger charge is 2.38. The van der Waals surface area contributed by atoms with Gasteiger partial charge in [0.25, 0.3) is 11.8 Å². The molecular formula is C23H19F6N3O6. The van der Waals surface area contributed by atoms with E-state index in [0.717, 1.165) is 26.4 Å². The van der Waals surface area contributed by atoms with Gasteiger partial charge >= 0.3 is 18.3 Å². The van der Waals surface area contributed by atoms with Crippen molar-refractivity contribution in [3.8, 4) is 5.75 Å². The van der Waals surface area contributed by atoms with Crippen LogP contribution < -0.4 is 20.7 Å². The zero-order valence-corrected chi connectivity index (χ0v) is 19.6. The molecule has 3 N–H and O–H groups in total. The third kappa shape index (κ3) is 6.33. The Kier molecular flexibility index (Phi) is 7.88. The number of nitrogens with one attached hydrogen (secondary N) is 3. The van der Waals surface area contributed by atoms with Crippen LogP contribution in [-0.4, -0.2) is 44.0 Å².